The maximum Gasteiger partial charge on any atom is 0.140 e. The molecule has 1 saturated heterocycles. The van der Waals surface area contributed by atoms with E-state index in [1.54, 1.807) is 7.11 Å². The second-order valence-electron chi connectivity index (χ2n) is 10.6. The molecule has 0 aliphatic carbocycles. The SMILES string of the molecule is COc1ccc(Cc2nn3c(C(=S)NCCCN4CCOCC4)c(-c4ccc(Cl)cc4)c4c3n2CCCC4)cc1. The molecule has 0 amide bonds. The average Bonchev–Trinajstić information content (AvgIpc) is 3.37. The predicted octanol–water partition coefficient (Wildman–Crippen LogP) is 5.38. The Hall–Kier alpha value is -2.91. The molecular formula is C31H36ClN5O2S. The lowest BCUT2D eigenvalue weighted by molar-refractivity contribution is 0.0376. The number of hydrogen-bond donors (Lipinski definition) is 1. The van der Waals surface area contributed by atoms with Crippen LogP contribution in [0.5, 0.6) is 5.75 Å². The van der Waals surface area contributed by atoms with Crippen molar-refractivity contribution in [1.82, 2.24) is 24.4 Å². The first-order valence-electron chi connectivity index (χ1n) is 14.2. The minimum absolute atomic E-state index is 0.730. The summed E-state index contributed by atoms with van der Waals surface area (Å²) >= 11 is 12.4. The Bertz CT molecular complexity index is 1470. The van der Waals surface area contributed by atoms with Crippen molar-refractivity contribution < 1.29 is 9.47 Å². The quantitative estimate of drug-likeness (QED) is 0.213. The van der Waals surface area contributed by atoms with E-state index in [2.05, 4.69) is 43.6 Å². The van der Waals surface area contributed by atoms with Crippen molar-refractivity contribution in [1.29, 1.82) is 0 Å². The number of aromatic nitrogens is 3. The Balaban J connectivity index is 1.36. The zero-order valence-corrected chi connectivity index (χ0v) is 24.6. The molecule has 4 heterocycles. The fraction of sp³-hybridized carbons (Fsp3) is 0.419. The van der Waals surface area contributed by atoms with Crippen molar-refractivity contribution >= 4 is 34.5 Å². The summed E-state index contributed by atoms with van der Waals surface area (Å²) in [6.07, 6.45) is 5.02. The lowest BCUT2D eigenvalue weighted by Crippen LogP contribution is -2.38. The molecule has 2 aliphatic rings. The molecule has 7 nitrogen and oxygen atoms in total. The Morgan fingerprint density at radius 2 is 1.82 bits per heavy atom. The maximum atomic E-state index is 6.28. The van der Waals surface area contributed by atoms with Crippen LogP contribution in [0.2, 0.25) is 5.02 Å². The highest BCUT2D eigenvalue weighted by molar-refractivity contribution is 7.80. The number of nitrogens with zero attached hydrogens (tertiary/aromatic N) is 4. The summed E-state index contributed by atoms with van der Waals surface area (Å²) in [7, 11) is 1.70. The molecule has 0 bridgehead atoms. The van der Waals surface area contributed by atoms with E-state index in [1.165, 1.54) is 22.3 Å². The summed E-state index contributed by atoms with van der Waals surface area (Å²) in [5.41, 5.74) is 6.97. The van der Waals surface area contributed by atoms with Gasteiger partial charge in [0.15, 0.2) is 0 Å². The summed E-state index contributed by atoms with van der Waals surface area (Å²) < 4.78 is 15.4. The number of methoxy groups -OCH3 is 1. The van der Waals surface area contributed by atoms with Gasteiger partial charge in [-0.2, -0.15) is 5.10 Å². The third kappa shape index (κ3) is 5.63. The van der Waals surface area contributed by atoms with E-state index in [0.29, 0.717) is 0 Å². The monoisotopic (exact) mass is 577 g/mol. The minimum atomic E-state index is 0.730. The topological polar surface area (TPSA) is 56.0 Å². The molecule has 2 aliphatic heterocycles. The third-order valence-corrected chi connectivity index (χ3v) is 8.56. The van der Waals surface area contributed by atoms with E-state index in [9.17, 15) is 0 Å². The molecule has 1 N–H and O–H groups in total. The average molecular weight is 578 g/mol. The van der Waals surface area contributed by atoms with Gasteiger partial charge in [-0.15, -0.1) is 0 Å². The molecule has 0 spiro atoms. The molecule has 4 aromatic rings. The summed E-state index contributed by atoms with van der Waals surface area (Å²) in [5.74, 6) is 1.92. The van der Waals surface area contributed by atoms with Gasteiger partial charge >= 0.3 is 0 Å². The Kier molecular flexibility index (Phi) is 8.39. The fourth-order valence-electron chi connectivity index (χ4n) is 5.91. The van der Waals surface area contributed by atoms with Gasteiger partial charge < -0.3 is 19.4 Å². The molecule has 1 fully saturated rings. The van der Waals surface area contributed by atoms with Crippen LogP contribution in [-0.4, -0.2) is 70.6 Å². The first-order chi connectivity index (χ1) is 19.6. The number of ether oxygens (including phenoxy) is 2. The van der Waals surface area contributed by atoms with E-state index < -0.39 is 0 Å². The smallest absolute Gasteiger partial charge is 0.140 e. The number of halogens is 1. The molecule has 0 saturated carbocycles. The highest BCUT2D eigenvalue weighted by Crippen LogP contribution is 2.37. The normalized spacial score (nSPS) is 15.8. The van der Waals surface area contributed by atoms with Gasteiger partial charge in [-0.05, 0) is 67.6 Å². The number of morpholine rings is 1. The molecule has 210 valence electrons. The van der Waals surface area contributed by atoms with Crippen LogP contribution in [0, 0.1) is 0 Å². The van der Waals surface area contributed by atoms with E-state index >= 15 is 0 Å². The largest absolute Gasteiger partial charge is 0.497 e. The second kappa shape index (κ2) is 12.3. The molecule has 6 rings (SSSR count). The van der Waals surface area contributed by atoms with Gasteiger partial charge in [-0.3, -0.25) is 4.90 Å². The van der Waals surface area contributed by atoms with Crippen LogP contribution in [0.25, 0.3) is 16.8 Å². The van der Waals surface area contributed by atoms with Gasteiger partial charge in [0.2, 0.25) is 0 Å². The van der Waals surface area contributed by atoms with Crippen LogP contribution in [0.3, 0.4) is 0 Å². The van der Waals surface area contributed by atoms with E-state index in [4.69, 9.17) is 38.4 Å². The highest BCUT2D eigenvalue weighted by Gasteiger charge is 2.29. The van der Waals surface area contributed by atoms with Gasteiger partial charge in [-0.25, -0.2) is 4.52 Å². The van der Waals surface area contributed by atoms with Gasteiger partial charge in [0.25, 0.3) is 0 Å². The number of aryl methyl sites for hydroxylation is 2. The van der Waals surface area contributed by atoms with E-state index in [0.717, 1.165) is 111 Å². The van der Waals surface area contributed by atoms with Crippen molar-refractivity contribution in [2.45, 2.75) is 38.6 Å². The van der Waals surface area contributed by atoms with E-state index in [1.807, 2.05) is 24.3 Å². The lowest BCUT2D eigenvalue weighted by Gasteiger charge is -2.26. The van der Waals surface area contributed by atoms with Gasteiger partial charge in [0, 0.05) is 48.7 Å². The fourth-order valence-corrected chi connectivity index (χ4v) is 6.33. The Labute approximate surface area is 246 Å². The summed E-state index contributed by atoms with van der Waals surface area (Å²) in [6.45, 7) is 6.46. The van der Waals surface area contributed by atoms with Crippen LogP contribution < -0.4 is 10.1 Å². The Morgan fingerprint density at radius 1 is 1.05 bits per heavy atom. The van der Waals surface area contributed by atoms with Crippen molar-refractivity contribution in [2.24, 2.45) is 0 Å². The van der Waals surface area contributed by atoms with E-state index in [-0.39, 0.29) is 0 Å². The zero-order valence-electron chi connectivity index (χ0n) is 23.0. The molecular weight excluding hydrogens is 542 g/mol. The van der Waals surface area contributed by atoms with Crippen molar-refractivity contribution in [3.8, 4) is 16.9 Å². The number of benzene rings is 2. The number of thiocarbonyl (C=S) groups is 1. The van der Waals surface area contributed by atoms with Crippen LogP contribution in [0.15, 0.2) is 48.5 Å². The van der Waals surface area contributed by atoms with Crippen LogP contribution >= 0.6 is 23.8 Å². The molecule has 0 radical (unpaired) electrons. The highest BCUT2D eigenvalue weighted by atomic mass is 35.5. The van der Waals surface area contributed by atoms with Crippen molar-refractivity contribution in [3.63, 3.8) is 0 Å². The maximum absolute atomic E-state index is 6.28. The zero-order chi connectivity index (χ0) is 27.5. The number of rotatable bonds is 9. The van der Waals surface area contributed by atoms with Gasteiger partial charge in [0.1, 0.15) is 27.9 Å². The van der Waals surface area contributed by atoms with Crippen LogP contribution in [0.4, 0.5) is 0 Å². The number of hydrogen-bond acceptors (Lipinski definition) is 5. The molecule has 40 heavy (non-hydrogen) atoms. The molecule has 9 heteroatoms. The summed E-state index contributed by atoms with van der Waals surface area (Å²) in [4.78, 5) is 3.20. The number of nitrogens with one attached hydrogen (secondary N) is 1. The third-order valence-electron chi connectivity index (χ3n) is 7.97. The molecule has 2 aromatic carbocycles. The van der Waals surface area contributed by atoms with Crippen molar-refractivity contribution in [3.05, 3.63) is 76.2 Å². The summed E-state index contributed by atoms with van der Waals surface area (Å²) in [5, 5.41) is 9.53. The molecule has 0 atom stereocenters. The molecule has 2 aromatic heterocycles. The Morgan fingerprint density at radius 3 is 2.58 bits per heavy atom. The standard InChI is InChI=1S/C31H36ClN5O2S/c1-38-25-12-6-22(7-13-25)21-27-34-37-29(30(40)33-14-4-15-35-17-19-39-20-18-35)28(23-8-10-24(32)11-9-23)26-5-2-3-16-36(27)31(26)37/h6-13H,2-5,14-21H2,1H3,(H,33,40). The first-order valence-corrected chi connectivity index (χ1v) is 15.0. The van der Waals surface area contributed by atoms with Gasteiger partial charge in [-0.1, -0.05) is 48.1 Å². The van der Waals surface area contributed by atoms with Crippen LogP contribution in [-0.2, 0) is 24.1 Å². The summed E-state index contributed by atoms with van der Waals surface area (Å²) in [6, 6.07) is 16.4. The molecule has 0 unspecified atom stereocenters. The van der Waals surface area contributed by atoms with Crippen LogP contribution in [0.1, 0.15) is 41.9 Å². The second-order valence-corrected chi connectivity index (χ2v) is 11.4. The lowest BCUT2D eigenvalue weighted by atomic mass is 9.98. The van der Waals surface area contributed by atoms with Gasteiger partial charge in [0.05, 0.1) is 20.3 Å². The minimum Gasteiger partial charge on any atom is -0.497 e. The first kappa shape index (κ1) is 27.3. The van der Waals surface area contributed by atoms with Crippen molar-refractivity contribution in [2.75, 3.05) is 46.5 Å². The predicted molar refractivity (Wildman–Crippen MR) is 164 cm³/mol.